The van der Waals surface area contributed by atoms with Crippen LogP contribution in [0.5, 0.6) is 0 Å². The predicted octanol–water partition coefficient (Wildman–Crippen LogP) is 0.670. The number of piperidine rings is 3. The van der Waals surface area contributed by atoms with Crippen molar-refractivity contribution >= 4 is 46.8 Å². The summed E-state index contributed by atoms with van der Waals surface area (Å²) in [6.07, 6.45) is 3.45. The predicted molar refractivity (Wildman–Crippen MR) is 143 cm³/mol. The smallest absolute Gasteiger partial charge is 0.227 e. The van der Waals surface area contributed by atoms with E-state index in [1.54, 1.807) is 18.9 Å². The molecule has 0 aromatic carbocycles. The zero-order valence-corrected chi connectivity index (χ0v) is 23.4. The molecule has 5 heterocycles. The molecule has 0 aromatic rings. The molecular formula is C24H40Cl2N6O3S. The molecule has 0 aromatic heterocycles. The second-order valence-corrected chi connectivity index (χ2v) is 13.5. The highest BCUT2D eigenvalue weighted by atomic mass is 35.5. The Bertz CT molecular complexity index is 792. The van der Waals surface area contributed by atoms with Gasteiger partial charge in [0.05, 0.1) is 28.9 Å². The molecule has 5 rings (SSSR count). The first-order chi connectivity index (χ1) is 17.3. The molecule has 5 N–H and O–H groups in total. The van der Waals surface area contributed by atoms with Crippen LogP contribution < -0.4 is 26.6 Å². The number of amides is 2. The molecule has 11 atom stereocenters. The first-order valence-electron chi connectivity index (χ1n) is 13.3. The SMILES string of the molecule is COC1CNC(Cl)CC1C1CC(C)NCC1C(=O)NC1NC2CN(C(=O)C3CCC(Cl)NC3)CC2S1. The lowest BCUT2D eigenvalue weighted by Gasteiger charge is -2.45. The summed E-state index contributed by atoms with van der Waals surface area (Å²) in [6.45, 7) is 5.62. The lowest BCUT2D eigenvalue weighted by molar-refractivity contribution is -0.135. The number of alkyl halides is 2. The fourth-order valence-corrected chi connectivity index (χ4v) is 8.65. The van der Waals surface area contributed by atoms with E-state index in [1.165, 1.54) is 0 Å². The summed E-state index contributed by atoms with van der Waals surface area (Å²) in [7, 11) is 1.75. The van der Waals surface area contributed by atoms with Crippen LogP contribution in [0.2, 0.25) is 0 Å². The lowest BCUT2D eigenvalue weighted by atomic mass is 9.70. The summed E-state index contributed by atoms with van der Waals surface area (Å²) >= 11 is 14.3. The number of hydrogen-bond acceptors (Lipinski definition) is 8. The Kier molecular flexibility index (Phi) is 8.94. The maximum Gasteiger partial charge on any atom is 0.227 e. The first-order valence-corrected chi connectivity index (χ1v) is 15.2. The number of carbonyl (C=O) groups excluding carboxylic acids is 2. The maximum absolute atomic E-state index is 13.5. The number of methoxy groups -OCH3 is 1. The third-order valence-corrected chi connectivity index (χ3v) is 10.8. The van der Waals surface area contributed by atoms with Crippen molar-refractivity contribution in [3.63, 3.8) is 0 Å². The quantitative estimate of drug-likeness (QED) is 0.246. The van der Waals surface area contributed by atoms with Crippen LogP contribution in [0.1, 0.15) is 32.6 Å². The van der Waals surface area contributed by atoms with Crippen LogP contribution in [-0.2, 0) is 14.3 Å². The Morgan fingerprint density at radius 3 is 2.53 bits per heavy atom. The average Bonchev–Trinajstić information content (AvgIpc) is 3.42. The van der Waals surface area contributed by atoms with Gasteiger partial charge in [0, 0.05) is 57.2 Å². The summed E-state index contributed by atoms with van der Waals surface area (Å²) in [6, 6.07) is 0.554. The zero-order chi connectivity index (χ0) is 25.4. The van der Waals surface area contributed by atoms with Crippen molar-refractivity contribution < 1.29 is 14.3 Å². The van der Waals surface area contributed by atoms with Gasteiger partial charge in [-0.2, -0.15) is 0 Å². The number of fused-ring (bicyclic) bond motifs is 1. The molecular weight excluding hydrogens is 523 g/mol. The van der Waals surface area contributed by atoms with Gasteiger partial charge in [-0.1, -0.05) is 0 Å². The third kappa shape index (κ3) is 5.96. The molecule has 0 radical (unpaired) electrons. The number of ether oxygens (including phenoxy) is 1. The number of carbonyl (C=O) groups is 2. The minimum atomic E-state index is -0.134. The highest BCUT2D eigenvalue weighted by molar-refractivity contribution is 8.00. The van der Waals surface area contributed by atoms with Crippen molar-refractivity contribution in [2.75, 3.05) is 39.8 Å². The average molecular weight is 564 g/mol. The van der Waals surface area contributed by atoms with E-state index in [0.717, 1.165) is 32.2 Å². The summed E-state index contributed by atoms with van der Waals surface area (Å²) in [4.78, 5) is 28.5. The molecule has 0 bridgehead atoms. The second-order valence-electron chi connectivity index (χ2n) is 11.1. The standard InChI is InChI=1S/C24H40Cl2N6O3S/c1-12-5-14(15-6-21(26)29-9-18(15)35-2)16(8-27-12)22(33)31-24-30-17-10-32(11-19(17)36-24)23(34)13-3-4-20(25)28-7-13/h12-21,24,27-30H,3-11H2,1-2H3,(H,31,33). The molecule has 0 saturated carbocycles. The molecule has 5 aliphatic heterocycles. The van der Waals surface area contributed by atoms with E-state index in [-0.39, 0.29) is 69.4 Å². The number of likely N-dealkylation sites (tertiary alicyclic amines) is 1. The summed E-state index contributed by atoms with van der Waals surface area (Å²) in [5, 5.41) is 17.1. The highest BCUT2D eigenvalue weighted by Gasteiger charge is 2.47. The van der Waals surface area contributed by atoms with E-state index in [1.807, 2.05) is 4.90 Å². The van der Waals surface area contributed by atoms with Crippen molar-refractivity contribution in [1.82, 2.24) is 31.5 Å². The van der Waals surface area contributed by atoms with Gasteiger partial charge in [0.25, 0.3) is 0 Å². The molecule has 2 amide bonds. The number of thioether (sulfide) groups is 1. The Morgan fingerprint density at radius 2 is 1.81 bits per heavy atom. The fourth-order valence-electron chi connectivity index (χ4n) is 6.74. The molecule has 5 saturated heterocycles. The third-order valence-electron chi connectivity index (χ3n) is 8.75. The van der Waals surface area contributed by atoms with Crippen LogP contribution in [-0.4, -0.2) is 96.5 Å². The van der Waals surface area contributed by atoms with Crippen molar-refractivity contribution in [3.8, 4) is 0 Å². The number of rotatable bonds is 5. The van der Waals surface area contributed by atoms with Gasteiger partial charge in [0.15, 0.2) is 0 Å². The van der Waals surface area contributed by atoms with Crippen LogP contribution in [0, 0.1) is 23.7 Å². The van der Waals surface area contributed by atoms with Crippen LogP contribution in [0.15, 0.2) is 0 Å². The molecule has 0 spiro atoms. The van der Waals surface area contributed by atoms with Crippen LogP contribution >= 0.6 is 35.0 Å². The first kappa shape index (κ1) is 27.2. The van der Waals surface area contributed by atoms with Gasteiger partial charge >= 0.3 is 0 Å². The fraction of sp³-hybridized carbons (Fsp3) is 0.917. The van der Waals surface area contributed by atoms with Gasteiger partial charge in [0.1, 0.15) is 5.50 Å². The van der Waals surface area contributed by atoms with E-state index < -0.39 is 0 Å². The molecule has 204 valence electrons. The van der Waals surface area contributed by atoms with Crippen molar-refractivity contribution in [2.24, 2.45) is 23.7 Å². The second kappa shape index (κ2) is 11.8. The Hall–Kier alpha value is -0.330. The number of halogens is 2. The minimum absolute atomic E-state index is 0.0101. The summed E-state index contributed by atoms with van der Waals surface area (Å²) < 4.78 is 5.80. The number of hydrogen-bond donors (Lipinski definition) is 5. The van der Waals surface area contributed by atoms with Gasteiger partial charge in [0.2, 0.25) is 11.8 Å². The van der Waals surface area contributed by atoms with Gasteiger partial charge in [-0.05, 0) is 44.4 Å². The Morgan fingerprint density at radius 1 is 1.00 bits per heavy atom. The molecule has 0 aliphatic carbocycles. The van der Waals surface area contributed by atoms with E-state index in [4.69, 9.17) is 27.9 Å². The minimum Gasteiger partial charge on any atom is -0.380 e. The van der Waals surface area contributed by atoms with Crippen LogP contribution in [0.3, 0.4) is 0 Å². The highest BCUT2D eigenvalue weighted by Crippen LogP contribution is 2.38. The molecule has 5 fully saturated rings. The molecule has 11 unspecified atom stereocenters. The van der Waals surface area contributed by atoms with E-state index in [2.05, 4.69) is 33.5 Å². The Labute approximate surface area is 228 Å². The monoisotopic (exact) mass is 562 g/mol. The van der Waals surface area contributed by atoms with Gasteiger partial charge in [-0.25, -0.2) is 0 Å². The van der Waals surface area contributed by atoms with Crippen molar-refractivity contribution in [2.45, 2.75) is 72.5 Å². The van der Waals surface area contributed by atoms with Gasteiger partial charge in [-0.15, -0.1) is 35.0 Å². The van der Waals surface area contributed by atoms with Crippen molar-refractivity contribution in [1.29, 1.82) is 0 Å². The topological polar surface area (TPSA) is 107 Å². The van der Waals surface area contributed by atoms with E-state index in [9.17, 15) is 9.59 Å². The van der Waals surface area contributed by atoms with E-state index >= 15 is 0 Å². The van der Waals surface area contributed by atoms with Crippen LogP contribution in [0.4, 0.5) is 0 Å². The van der Waals surface area contributed by atoms with E-state index in [0.29, 0.717) is 32.2 Å². The molecule has 9 nitrogen and oxygen atoms in total. The largest absolute Gasteiger partial charge is 0.380 e. The maximum atomic E-state index is 13.5. The lowest BCUT2D eigenvalue weighted by Crippen LogP contribution is -2.57. The van der Waals surface area contributed by atoms with Crippen LogP contribution in [0.25, 0.3) is 0 Å². The van der Waals surface area contributed by atoms with Gasteiger partial charge in [-0.3, -0.25) is 20.2 Å². The molecule has 5 aliphatic rings. The number of nitrogens with zero attached hydrogens (tertiary/aromatic N) is 1. The molecule has 36 heavy (non-hydrogen) atoms. The van der Waals surface area contributed by atoms with Crippen molar-refractivity contribution in [3.05, 3.63) is 0 Å². The summed E-state index contributed by atoms with van der Waals surface area (Å²) in [5.74, 6) is 0.643. The van der Waals surface area contributed by atoms with Gasteiger partial charge < -0.3 is 25.6 Å². The summed E-state index contributed by atoms with van der Waals surface area (Å²) in [5.41, 5.74) is -0.249. The Balaban J connectivity index is 1.15. The zero-order valence-electron chi connectivity index (χ0n) is 21.1. The normalized spacial score (nSPS) is 45.3. The number of nitrogens with one attached hydrogen (secondary N) is 5. The molecule has 12 heteroatoms.